The fraction of sp³-hybridized carbons (Fsp3) is 0. The standard InChI is InChI=1S/Na.H2O7S2.H/c;1-7-9(5,6)8(2,3)4;/h;1H,(H,2,3,4);. The van der Waals surface area contributed by atoms with Crippen LogP contribution < -0.4 is 0 Å². The molecule has 2 N–H and O–H groups in total. The molecular weight excluding hydrogens is 199 g/mol. The SMILES string of the molecule is O=S(=O)(O)S(=O)(=O)OO.[NaH]. The van der Waals surface area contributed by atoms with Gasteiger partial charge in [0.2, 0.25) is 0 Å². The quantitative estimate of drug-likeness (QED) is 0.174. The van der Waals surface area contributed by atoms with Crippen molar-refractivity contribution in [2.24, 2.45) is 0 Å². The number of rotatable bonds is 2. The van der Waals surface area contributed by atoms with Crippen LogP contribution >= 0.6 is 0 Å². The Balaban J connectivity index is 0. The van der Waals surface area contributed by atoms with Gasteiger partial charge >= 0.3 is 47.9 Å². The molecule has 58 valence electrons. The fourth-order valence-corrected chi connectivity index (χ4v) is 0.346. The Kier molecular flexibility index (Phi) is 5.31. The topological polar surface area (TPSA) is 118 Å². The summed E-state index contributed by atoms with van der Waals surface area (Å²) < 4.78 is 48.6. The molecule has 0 amide bonds. The third kappa shape index (κ3) is 3.25. The summed E-state index contributed by atoms with van der Waals surface area (Å²) in [6.45, 7) is 0. The maximum atomic E-state index is 9.71. The Morgan fingerprint density at radius 2 is 1.40 bits per heavy atom. The van der Waals surface area contributed by atoms with Crippen molar-refractivity contribution in [3.8, 4) is 0 Å². The summed E-state index contributed by atoms with van der Waals surface area (Å²) >= 11 is 0. The van der Waals surface area contributed by atoms with Gasteiger partial charge in [-0.2, -0.15) is 16.8 Å². The molecule has 0 atom stereocenters. The van der Waals surface area contributed by atoms with Crippen molar-refractivity contribution in [3.05, 3.63) is 0 Å². The molecule has 0 heterocycles. The van der Waals surface area contributed by atoms with Gasteiger partial charge in [0.25, 0.3) is 0 Å². The molecule has 0 radical (unpaired) electrons. The summed E-state index contributed by atoms with van der Waals surface area (Å²) in [7, 11) is -10.6. The zero-order chi connectivity index (χ0) is 7.71. The second kappa shape index (κ2) is 3.97. The van der Waals surface area contributed by atoms with E-state index < -0.39 is 18.3 Å². The van der Waals surface area contributed by atoms with Crippen LogP contribution in [-0.2, 0) is 22.6 Å². The van der Waals surface area contributed by atoms with E-state index in [1.165, 1.54) is 0 Å². The van der Waals surface area contributed by atoms with Crippen LogP contribution in [0.25, 0.3) is 0 Å². The molecule has 0 saturated carbocycles. The van der Waals surface area contributed by atoms with E-state index in [0.29, 0.717) is 0 Å². The summed E-state index contributed by atoms with van der Waals surface area (Å²) in [6.07, 6.45) is 0. The molecule has 7 nitrogen and oxygen atoms in total. The Morgan fingerprint density at radius 3 is 1.40 bits per heavy atom. The molecule has 0 rings (SSSR count). The van der Waals surface area contributed by atoms with E-state index in [9.17, 15) is 16.8 Å². The number of hydrogen-bond acceptors (Lipinski definition) is 6. The fourth-order valence-electron chi connectivity index (χ4n) is 0.0385. The first-order valence-electron chi connectivity index (χ1n) is 1.37. The maximum absolute atomic E-state index is 9.71. The molecule has 0 aliphatic rings. The van der Waals surface area contributed by atoms with Gasteiger partial charge in [-0.15, -0.1) is 0 Å². The first kappa shape index (κ1) is 13.4. The summed E-state index contributed by atoms with van der Waals surface area (Å²) in [5.41, 5.74) is 0. The van der Waals surface area contributed by atoms with Gasteiger partial charge in [0.15, 0.2) is 0 Å². The zero-order valence-corrected chi connectivity index (χ0v) is 5.39. The third-order valence-corrected chi connectivity index (χ3v) is 2.78. The molecule has 10 heteroatoms. The zero-order valence-electron chi connectivity index (χ0n) is 3.75. The van der Waals surface area contributed by atoms with E-state index >= 15 is 0 Å². The van der Waals surface area contributed by atoms with Crippen molar-refractivity contribution in [1.29, 1.82) is 0 Å². The monoisotopic (exact) mass is 202 g/mol. The molecule has 0 bridgehead atoms. The van der Waals surface area contributed by atoms with Crippen molar-refractivity contribution in [2.75, 3.05) is 0 Å². The average Bonchev–Trinajstić information content (AvgIpc) is 1.64. The molecule has 0 aromatic rings. The predicted molar refractivity (Wildman–Crippen MR) is 31.3 cm³/mol. The minimum absolute atomic E-state index is 0. The van der Waals surface area contributed by atoms with Crippen LogP contribution in [-0.4, -0.2) is 56.2 Å². The normalized spacial score (nSPS) is 12.2. The van der Waals surface area contributed by atoms with Crippen LogP contribution in [0.1, 0.15) is 0 Å². The summed E-state index contributed by atoms with van der Waals surface area (Å²) in [5, 5.41) is 7.30. The Hall–Kier alpha value is 0.780. The van der Waals surface area contributed by atoms with Crippen molar-refractivity contribution in [3.63, 3.8) is 0 Å². The van der Waals surface area contributed by atoms with E-state index in [0.717, 1.165) is 0 Å². The van der Waals surface area contributed by atoms with Gasteiger partial charge in [0, 0.05) is 0 Å². The average molecular weight is 202 g/mol. The minimum atomic E-state index is -5.35. The van der Waals surface area contributed by atoms with Crippen LogP contribution in [0, 0.1) is 0 Å². The predicted octanol–water partition coefficient (Wildman–Crippen LogP) is -2.04. The molecule has 0 aliphatic heterocycles. The molecular formula is H3NaO7S2. The summed E-state index contributed by atoms with van der Waals surface area (Å²) in [5.74, 6) is 0. The number of hydrogen-bond donors (Lipinski definition) is 2. The Bertz CT molecular complexity index is 267. The van der Waals surface area contributed by atoms with Crippen LogP contribution in [0.3, 0.4) is 0 Å². The molecule has 0 unspecified atom stereocenters. The molecule has 0 fully saturated rings. The molecule has 0 aliphatic carbocycles. The van der Waals surface area contributed by atoms with Gasteiger partial charge in [-0.1, -0.05) is 4.33 Å². The van der Waals surface area contributed by atoms with E-state index in [2.05, 4.69) is 4.33 Å². The molecule has 0 saturated heterocycles. The summed E-state index contributed by atoms with van der Waals surface area (Å²) in [4.78, 5) is 0. The Labute approximate surface area is 78.5 Å². The van der Waals surface area contributed by atoms with Crippen molar-refractivity contribution < 1.29 is 31.0 Å². The van der Waals surface area contributed by atoms with Crippen LogP contribution in [0.15, 0.2) is 0 Å². The first-order valence-corrected chi connectivity index (χ1v) is 4.73. The Morgan fingerprint density at radius 1 is 1.10 bits per heavy atom. The van der Waals surface area contributed by atoms with Gasteiger partial charge in [0.1, 0.15) is 0 Å². The first-order chi connectivity index (χ1) is 3.81. The van der Waals surface area contributed by atoms with Gasteiger partial charge in [-0.25, -0.2) is 5.26 Å². The summed E-state index contributed by atoms with van der Waals surface area (Å²) in [6, 6.07) is 0. The van der Waals surface area contributed by atoms with E-state index in [-0.39, 0.29) is 29.6 Å². The van der Waals surface area contributed by atoms with Crippen LogP contribution in [0.4, 0.5) is 0 Å². The van der Waals surface area contributed by atoms with E-state index in [4.69, 9.17) is 9.81 Å². The second-order valence-corrected chi connectivity index (χ2v) is 5.22. The molecule has 10 heavy (non-hydrogen) atoms. The van der Waals surface area contributed by atoms with Gasteiger partial charge in [0.05, 0.1) is 0 Å². The van der Waals surface area contributed by atoms with E-state index in [1.807, 2.05) is 0 Å². The molecule has 0 aromatic heterocycles. The van der Waals surface area contributed by atoms with E-state index in [1.54, 1.807) is 0 Å². The van der Waals surface area contributed by atoms with Crippen LogP contribution in [0.2, 0.25) is 0 Å². The van der Waals surface area contributed by atoms with Crippen molar-refractivity contribution >= 4 is 47.9 Å². The van der Waals surface area contributed by atoms with Gasteiger partial charge in [-0.3, -0.25) is 4.55 Å². The second-order valence-electron chi connectivity index (χ2n) is 0.911. The van der Waals surface area contributed by atoms with Crippen molar-refractivity contribution in [2.45, 2.75) is 0 Å². The van der Waals surface area contributed by atoms with Crippen LogP contribution in [0.5, 0.6) is 0 Å². The van der Waals surface area contributed by atoms with Gasteiger partial charge < -0.3 is 0 Å². The molecule has 0 aromatic carbocycles. The molecule has 0 spiro atoms. The van der Waals surface area contributed by atoms with Crippen molar-refractivity contribution in [1.82, 2.24) is 0 Å². The van der Waals surface area contributed by atoms with Gasteiger partial charge in [-0.05, 0) is 0 Å². The third-order valence-electron chi connectivity index (χ3n) is 0.349.